The summed E-state index contributed by atoms with van der Waals surface area (Å²) in [5.74, 6) is 1.15. The molecule has 0 amide bonds. The molecule has 2 heterocycles. The maximum atomic E-state index is 5.66. The van der Waals surface area contributed by atoms with Gasteiger partial charge in [-0.3, -0.25) is 5.01 Å². The fourth-order valence-corrected chi connectivity index (χ4v) is 2.14. The van der Waals surface area contributed by atoms with E-state index in [1.807, 2.05) is 12.3 Å². The number of H-pyrrole nitrogens is 1. The van der Waals surface area contributed by atoms with Crippen LogP contribution in [0.3, 0.4) is 0 Å². The first-order chi connectivity index (χ1) is 7.42. The van der Waals surface area contributed by atoms with E-state index in [9.17, 15) is 0 Å². The van der Waals surface area contributed by atoms with Crippen LogP contribution in [-0.4, -0.2) is 36.2 Å². The van der Waals surface area contributed by atoms with E-state index in [-0.39, 0.29) is 0 Å². The number of aromatic amines is 1. The zero-order valence-corrected chi connectivity index (χ0v) is 9.15. The van der Waals surface area contributed by atoms with Crippen molar-refractivity contribution in [3.8, 4) is 0 Å². The van der Waals surface area contributed by atoms with Gasteiger partial charge in [-0.05, 0) is 25.0 Å². The van der Waals surface area contributed by atoms with Crippen LogP contribution in [0.5, 0.6) is 0 Å². The lowest BCUT2D eigenvalue weighted by Crippen LogP contribution is -2.48. The minimum atomic E-state index is 0.690. The number of hydrazine groups is 1. The summed E-state index contributed by atoms with van der Waals surface area (Å²) in [7, 11) is 0. The van der Waals surface area contributed by atoms with E-state index in [0.717, 1.165) is 25.5 Å². The Balaban J connectivity index is 2.04. The van der Waals surface area contributed by atoms with Crippen molar-refractivity contribution in [2.24, 2.45) is 5.73 Å². The summed E-state index contributed by atoms with van der Waals surface area (Å²) < 4.78 is 0. The highest BCUT2D eigenvalue weighted by atomic mass is 15.6. The van der Waals surface area contributed by atoms with Gasteiger partial charge in [0.15, 0.2) is 0 Å². The molecule has 1 fully saturated rings. The second kappa shape index (κ2) is 5.19. The molecule has 0 radical (unpaired) electrons. The number of anilines is 1. The van der Waals surface area contributed by atoms with Crippen molar-refractivity contribution in [1.29, 1.82) is 0 Å². The molecule has 0 saturated carbocycles. The molecular formula is C11H20N4. The van der Waals surface area contributed by atoms with Crippen LogP contribution in [0, 0.1) is 0 Å². The molecule has 0 unspecified atom stereocenters. The van der Waals surface area contributed by atoms with Crippen molar-refractivity contribution < 1.29 is 0 Å². The summed E-state index contributed by atoms with van der Waals surface area (Å²) in [5.41, 5.74) is 5.66. The normalized spacial score (nSPS) is 17.9. The number of nitrogens with zero attached hydrogens (tertiary/aromatic N) is 2. The average Bonchev–Trinajstić information content (AvgIpc) is 2.80. The van der Waals surface area contributed by atoms with Gasteiger partial charge in [-0.15, -0.1) is 0 Å². The van der Waals surface area contributed by atoms with E-state index in [4.69, 9.17) is 5.73 Å². The monoisotopic (exact) mass is 208 g/mol. The summed E-state index contributed by atoms with van der Waals surface area (Å²) in [5, 5.41) is 4.68. The molecular weight excluding hydrogens is 188 g/mol. The molecule has 1 aromatic heterocycles. The molecule has 0 atom stereocenters. The minimum absolute atomic E-state index is 0.690. The minimum Gasteiger partial charge on any atom is -0.347 e. The van der Waals surface area contributed by atoms with Crippen LogP contribution >= 0.6 is 0 Å². The van der Waals surface area contributed by atoms with Crippen molar-refractivity contribution in [1.82, 2.24) is 9.99 Å². The zero-order chi connectivity index (χ0) is 10.5. The predicted octanol–water partition coefficient (Wildman–Crippen LogP) is 1.18. The van der Waals surface area contributed by atoms with Crippen molar-refractivity contribution >= 4 is 5.82 Å². The Hall–Kier alpha value is -1.00. The van der Waals surface area contributed by atoms with Gasteiger partial charge in [-0.2, -0.15) is 0 Å². The number of hydrogen-bond acceptors (Lipinski definition) is 3. The van der Waals surface area contributed by atoms with E-state index < -0.39 is 0 Å². The second-order valence-corrected chi connectivity index (χ2v) is 3.98. The molecule has 0 aromatic carbocycles. The summed E-state index contributed by atoms with van der Waals surface area (Å²) in [6.07, 6.45) is 5.91. The Kier molecular flexibility index (Phi) is 3.64. The van der Waals surface area contributed by atoms with Gasteiger partial charge in [0.25, 0.3) is 0 Å². The maximum absolute atomic E-state index is 5.66. The smallest absolute Gasteiger partial charge is 0.120 e. The molecule has 1 aromatic rings. The molecule has 0 bridgehead atoms. The molecule has 4 nitrogen and oxygen atoms in total. The van der Waals surface area contributed by atoms with E-state index >= 15 is 0 Å². The first-order valence-electron chi connectivity index (χ1n) is 5.77. The molecule has 0 aliphatic carbocycles. The van der Waals surface area contributed by atoms with Gasteiger partial charge in [0.1, 0.15) is 5.82 Å². The van der Waals surface area contributed by atoms with Crippen LogP contribution in [0.1, 0.15) is 19.3 Å². The lowest BCUT2D eigenvalue weighted by molar-refractivity contribution is 0.207. The average molecular weight is 208 g/mol. The number of nitrogens with one attached hydrogen (secondary N) is 1. The fraction of sp³-hybridized carbons (Fsp3) is 0.636. The SMILES string of the molecule is NCCN(c1ccc[nH]1)N1CCCCC1. The summed E-state index contributed by atoms with van der Waals surface area (Å²) in [4.78, 5) is 3.25. The lowest BCUT2D eigenvalue weighted by atomic mass is 10.2. The van der Waals surface area contributed by atoms with Crippen LogP contribution in [0.4, 0.5) is 5.82 Å². The van der Waals surface area contributed by atoms with Crippen LogP contribution in [0.2, 0.25) is 0 Å². The van der Waals surface area contributed by atoms with Gasteiger partial charge in [-0.25, -0.2) is 5.01 Å². The quantitative estimate of drug-likeness (QED) is 0.781. The van der Waals surface area contributed by atoms with E-state index in [1.165, 1.54) is 19.3 Å². The molecule has 4 heteroatoms. The van der Waals surface area contributed by atoms with E-state index in [2.05, 4.69) is 21.1 Å². The molecule has 84 valence electrons. The zero-order valence-electron chi connectivity index (χ0n) is 9.15. The Morgan fingerprint density at radius 3 is 2.73 bits per heavy atom. The Bertz CT molecular complexity index is 264. The summed E-state index contributed by atoms with van der Waals surface area (Å²) in [6.45, 7) is 3.88. The summed E-state index contributed by atoms with van der Waals surface area (Å²) in [6, 6.07) is 4.13. The largest absolute Gasteiger partial charge is 0.347 e. The topological polar surface area (TPSA) is 48.3 Å². The first kappa shape index (κ1) is 10.5. The Morgan fingerprint density at radius 2 is 2.13 bits per heavy atom. The number of hydrogen-bond donors (Lipinski definition) is 2. The van der Waals surface area contributed by atoms with Crippen LogP contribution in [0.25, 0.3) is 0 Å². The highest BCUT2D eigenvalue weighted by Gasteiger charge is 2.18. The van der Waals surface area contributed by atoms with Crippen molar-refractivity contribution in [3.63, 3.8) is 0 Å². The fourth-order valence-electron chi connectivity index (χ4n) is 2.14. The second-order valence-electron chi connectivity index (χ2n) is 3.98. The standard InChI is InChI=1S/C11H20N4/c12-6-10-15(11-5-4-7-13-11)14-8-2-1-3-9-14/h4-5,7,13H,1-3,6,8-10,12H2. The van der Waals surface area contributed by atoms with Gasteiger partial charge in [-0.1, -0.05) is 6.42 Å². The van der Waals surface area contributed by atoms with E-state index in [1.54, 1.807) is 0 Å². The van der Waals surface area contributed by atoms with Gasteiger partial charge < -0.3 is 10.7 Å². The van der Waals surface area contributed by atoms with Gasteiger partial charge in [0, 0.05) is 32.4 Å². The van der Waals surface area contributed by atoms with Crippen LogP contribution in [0.15, 0.2) is 18.3 Å². The number of piperidine rings is 1. The van der Waals surface area contributed by atoms with Crippen LogP contribution in [-0.2, 0) is 0 Å². The van der Waals surface area contributed by atoms with Gasteiger partial charge in [0.2, 0.25) is 0 Å². The molecule has 1 aliphatic rings. The molecule has 1 aliphatic heterocycles. The summed E-state index contributed by atoms with van der Waals surface area (Å²) >= 11 is 0. The van der Waals surface area contributed by atoms with E-state index in [0.29, 0.717) is 6.54 Å². The molecule has 0 spiro atoms. The predicted molar refractivity (Wildman–Crippen MR) is 62.6 cm³/mol. The third-order valence-electron chi connectivity index (χ3n) is 2.87. The number of rotatable bonds is 4. The molecule has 3 N–H and O–H groups in total. The first-order valence-corrected chi connectivity index (χ1v) is 5.77. The molecule has 15 heavy (non-hydrogen) atoms. The number of aromatic nitrogens is 1. The molecule has 1 saturated heterocycles. The highest BCUT2D eigenvalue weighted by molar-refractivity contribution is 5.37. The van der Waals surface area contributed by atoms with Crippen molar-refractivity contribution in [2.45, 2.75) is 19.3 Å². The Labute approximate surface area is 91.0 Å². The lowest BCUT2D eigenvalue weighted by Gasteiger charge is -2.37. The van der Waals surface area contributed by atoms with Crippen LogP contribution < -0.4 is 10.7 Å². The third kappa shape index (κ3) is 2.52. The highest BCUT2D eigenvalue weighted by Crippen LogP contribution is 2.17. The third-order valence-corrected chi connectivity index (χ3v) is 2.87. The maximum Gasteiger partial charge on any atom is 0.120 e. The number of nitrogens with two attached hydrogens (primary N) is 1. The van der Waals surface area contributed by atoms with Crippen molar-refractivity contribution in [2.75, 3.05) is 31.2 Å². The van der Waals surface area contributed by atoms with Gasteiger partial charge >= 0.3 is 0 Å². The van der Waals surface area contributed by atoms with Crippen molar-refractivity contribution in [3.05, 3.63) is 18.3 Å². The molecule has 2 rings (SSSR count). The Morgan fingerprint density at radius 1 is 1.33 bits per heavy atom. The van der Waals surface area contributed by atoms with Gasteiger partial charge in [0.05, 0.1) is 0 Å².